The van der Waals surface area contributed by atoms with Gasteiger partial charge in [-0.05, 0) is 30.9 Å². The lowest BCUT2D eigenvalue weighted by molar-refractivity contribution is 0.00946. The van der Waals surface area contributed by atoms with Crippen LogP contribution in [0.3, 0.4) is 0 Å². The van der Waals surface area contributed by atoms with Crippen molar-refractivity contribution in [3.05, 3.63) is 27.7 Å². The Bertz CT molecular complexity index is 448. The second-order valence-corrected chi connectivity index (χ2v) is 6.33. The molecule has 0 radical (unpaired) electrons. The molecular formula is C15H21Cl2NO2. The maximum Gasteiger partial charge on any atom is 0.189 e. The van der Waals surface area contributed by atoms with E-state index in [0.717, 1.165) is 18.1 Å². The van der Waals surface area contributed by atoms with Gasteiger partial charge in [-0.1, -0.05) is 37.0 Å². The third-order valence-electron chi connectivity index (χ3n) is 3.12. The van der Waals surface area contributed by atoms with Gasteiger partial charge in [0.1, 0.15) is 5.75 Å². The fraction of sp³-hybridized carbons (Fsp3) is 0.600. The van der Waals surface area contributed by atoms with Crippen molar-refractivity contribution in [2.24, 2.45) is 5.92 Å². The normalized spacial score (nSPS) is 14.8. The Hall–Kier alpha value is -0.480. The molecule has 0 aromatic heterocycles. The average Bonchev–Trinajstić information content (AvgIpc) is 3.17. The molecule has 1 aromatic carbocycles. The molecule has 0 spiro atoms. The lowest BCUT2D eigenvalue weighted by Crippen LogP contribution is -2.22. The number of hydrogen-bond acceptors (Lipinski definition) is 3. The Kier molecular flexibility index (Phi) is 5.97. The van der Waals surface area contributed by atoms with Crippen LogP contribution in [0.25, 0.3) is 0 Å². The van der Waals surface area contributed by atoms with Crippen LogP contribution in [0.2, 0.25) is 10.0 Å². The lowest BCUT2D eigenvalue weighted by atomic mass is 10.2. The van der Waals surface area contributed by atoms with Crippen LogP contribution in [0.4, 0.5) is 0 Å². The Labute approximate surface area is 130 Å². The number of rotatable bonds is 8. The zero-order valence-corrected chi connectivity index (χ0v) is 13.4. The zero-order chi connectivity index (χ0) is 14.5. The van der Waals surface area contributed by atoms with Gasteiger partial charge in [-0.25, -0.2) is 0 Å². The van der Waals surface area contributed by atoms with Crippen LogP contribution >= 0.6 is 23.2 Å². The van der Waals surface area contributed by atoms with Gasteiger partial charge in [0.25, 0.3) is 0 Å². The predicted octanol–water partition coefficient (Wildman–Crippen LogP) is 4.25. The molecule has 2 rings (SSSR count). The van der Waals surface area contributed by atoms with Crippen LogP contribution in [-0.2, 0) is 11.3 Å². The Morgan fingerprint density at radius 2 is 2.05 bits per heavy atom. The topological polar surface area (TPSA) is 30.5 Å². The summed E-state index contributed by atoms with van der Waals surface area (Å²) in [5, 5.41) is 4.47. The molecule has 1 aromatic rings. The highest BCUT2D eigenvalue weighted by molar-refractivity contribution is 6.35. The molecule has 20 heavy (non-hydrogen) atoms. The molecule has 0 amide bonds. The summed E-state index contributed by atoms with van der Waals surface area (Å²) >= 11 is 12.3. The molecule has 0 atom stereocenters. The zero-order valence-electron chi connectivity index (χ0n) is 11.9. The summed E-state index contributed by atoms with van der Waals surface area (Å²) in [5.41, 5.74) is 0.950. The first-order valence-corrected chi connectivity index (χ1v) is 7.73. The van der Waals surface area contributed by atoms with Crippen molar-refractivity contribution in [1.82, 2.24) is 5.32 Å². The van der Waals surface area contributed by atoms with Gasteiger partial charge in [0.05, 0.1) is 11.6 Å². The van der Waals surface area contributed by atoms with Crippen molar-refractivity contribution in [3.63, 3.8) is 0 Å². The van der Waals surface area contributed by atoms with Crippen LogP contribution in [0.15, 0.2) is 12.1 Å². The average molecular weight is 318 g/mol. The summed E-state index contributed by atoms with van der Waals surface area (Å²) in [6.07, 6.45) is 2.54. The second-order valence-electron chi connectivity index (χ2n) is 5.49. The highest BCUT2D eigenvalue weighted by Crippen LogP contribution is 2.33. The monoisotopic (exact) mass is 317 g/mol. The van der Waals surface area contributed by atoms with Gasteiger partial charge in [0.15, 0.2) is 6.79 Å². The van der Waals surface area contributed by atoms with Gasteiger partial charge in [-0.2, -0.15) is 0 Å². The first-order valence-electron chi connectivity index (χ1n) is 6.98. The van der Waals surface area contributed by atoms with Crippen molar-refractivity contribution in [2.45, 2.75) is 39.3 Å². The van der Waals surface area contributed by atoms with E-state index in [0.29, 0.717) is 28.4 Å². The SMILES string of the molecule is CC(C)NCc1cc(Cl)cc(Cl)c1OCOCC1CC1. The van der Waals surface area contributed by atoms with E-state index in [1.54, 1.807) is 6.07 Å². The quantitative estimate of drug-likeness (QED) is 0.574. The molecule has 1 N–H and O–H groups in total. The molecular weight excluding hydrogens is 297 g/mol. The lowest BCUT2D eigenvalue weighted by Gasteiger charge is -2.15. The molecule has 1 fully saturated rings. The minimum absolute atomic E-state index is 0.229. The second kappa shape index (κ2) is 7.51. The molecule has 0 heterocycles. The third kappa shape index (κ3) is 5.13. The number of nitrogens with one attached hydrogen (secondary N) is 1. The molecule has 0 unspecified atom stereocenters. The van der Waals surface area contributed by atoms with Gasteiger partial charge >= 0.3 is 0 Å². The number of benzene rings is 1. The summed E-state index contributed by atoms with van der Waals surface area (Å²) in [6, 6.07) is 3.95. The minimum atomic E-state index is 0.229. The number of halogens is 2. The van der Waals surface area contributed by atoms with E-state index in [-0.39, 0.29) is 6.79 Å². The molecule has 112 valence electrons. The van der Waals surface area contributed by atoms with Gasteiger partial charge in [-0.3, -0.25) is 0 Å². The number of hydrogen-bond donors (Lipinski definition) is 1. The third-order valence-corrected chi connectivity index (χ3v) is 3.62. The summed E-state index contributed by atoms with van der Waals surface area (Å²) in [6.45, 7) is 5.84. The fourth-order valence-corrected chi connectivity index (χ4v) is 2.41. The van der Waals surface area contributed by atoms with Gasteiger partial charge in [0, 0.05) is 23.2 Å². The highest BCUT2D eigenvalue weighted by Gasteiger charge is 2.21. The van der Waals surface area contributed by atoms with Gasteiger partial charge in [0.2, 0.25) is 0 Å². The number of ether oxygens (including phenoxy) is 2. The Morgan fingerprint density at radius 3 is 2.70 bits per heavy atom. The van der Waals surface area contributed by atoms with Crippen LogP contribution in [0.1, 0.15) is 32.3 Å². The molecule has 5 heteroatoms. The maximum atomic E-state index is 6.21. The molecule has 1 aliphatic carbocycles. The van der Waals surface area contributed by atoms with E-state index in [1.165, 1.54) is 12.8 Å². The van der Waals surface area contributed by atoms with Crippen LogP contribution in [-0.4, -0.2) is 19.4 Å². The standard InChI is InChI=1S/C15H21Cl2NO2/c1-10(2)18-7-12-5-13(16)6-14(17)15(12)20-9-19-8-11-3-4-11/h5-6,10-11,18H,3-4,7-9H2,1-2H3. The molecule has 3 nitrogen and oxygen atoms in total. The van der Waals surface area contributed by atoms with Crippen molar-refractivity contribution < 1.29 is 9.47 Å². The van der Waals surface area contributed by atoms with Gasteiger partial charge < -0.3 is 14.8 Å². The van der Waals surface area contributed by atoms with E-state index in [4.69, 9.17) is 32.7 Å². The summed E-state index contributed by atoms with van der Waals surface area (Å²) in [5.74, 6) is 1.38. The molecule has 1 saturated carbocycles. The van der Waals surface area contributed by atoms with Crippen LogP contribution in [0, 0.1) is 5.92 Å². The minimum Gasteiger partial charge on any atom is -0.466 e. The fourth-order valence-electron chi connectivity index (χ4n) is 1.82. The Morgan fingerprint density at radius 1 is 1.30 bits per heavy atom. The molecule has 1 aliphatic rings. The van der Waals surface area contributed by atoms with Crippen molar-refractivity contribution in [1.29, 1.82) is 0 Å². The van der Waals surface area contributed by atoms with Crippen molar-refractivity contribution >= 4 is 23.2 Å². The largest absolute Gasteiger partial charge is 0.466 e. The van der Waals surface area contributed by atoms with E-state index >= 15 is 0 Å². The van der Waals surface area contributed by atoms with Crippen molar-refractivity contribution in [3.8, 4) is 5.75 Å². The first-order chi connectivity index (χ1) is 9.56. The van der Waals surface area contributed by atoms with Crippen LogP contribution in [0.5, 0.6) is 5.75 Å². The summed E-state index contributed by atoms with van der Waals surface area (Å²) in [4.78, 5) is 0. The first kappa shape index (κ1) is 15.9. The summed E-state index contributed by atoms with van der Waals surface area (Å²) in [7, 11) is 0. The van der Waals surface area contributed by atoms with E-state index in [2.05, 4.69) is 19.2 Å². The van der Waals surface area contributed by atoms with Crippen molar-refractivity contribution in [2.75, 3.05) is 13.4 Å². The van der Waals surface area contributed by atoms with E-state index in [9.17, 15) is 0 Å². The smallest absolute Gasteiger partial charge is 0.189 e. The Balaban J connectivity index is 1.95. The highest BCUT2D eigenvalue weighted by atomic mass is 35.5. The molecule has 0 saturated heterocycles. The van der Waals surface area contributed by atoms with E-state index in [1.807, 2.05) is 6.07 Å². The van der Waals surface area contributed by atoms with Gasteiger partial charge in [-0.15, -0.1) is 0 Å². The maximum absolute atomic E-state index is 6.21. The van der Waals surface area contributed by atoms with E-state index < -0.39 is 0 Å². The predicted molar refractivity (Wildman–Crippen MR) is 82.6 cm³/mol. The van der Waals surface area contributed by atoms with Crippen LogP contribution < -0.4 is 10.1 Å². The molecule has 0 aliphatic heterocycles. The molecule has 0 bridgehead atoms. The summed E-state index contributed by atoms with van der Waals surface area (Å²) < 4.78 is 11.2.